The zero-order chi connectivity index (χ0) is 9.10. The topological polar surface area (TPSA) is 38.2 Å². The first-order valence-electron chi connectivity index (χ1n) is 4.14. The van der Waals surface area contributed by atoms with Gasteiger partial charge in [0.25, 0.3) is 0 Å². The Hall–Kier alpha value is -0.680. The number of hydrogen-bond donors (Lipinski definition) is 0. The number of morpholine rings is 1. The fourth-order valence-corrected chi connectivity index (χ4v) is 1.78. The summed E-state index contributed by atoms with van der Waals surface area (Å²) in [5.74, 6) is 0.773. The first-order chi connectivity index (χ1) is 6.36. The summed E-state index contributed by atoms with van der Waals surface area (Å²) in [4.78, 5) is 10.5. The minimum absolute atomic E-state index is 0.0880. The van der Waals surface area contributed by atoms with Crippen LogP contribution < -0.4 is 4.90 Å². The molecule has 0 radical (unpaired) electrons. The predicted octanol–water partition coefficient (Wildman–Crippen LogP) is 1.03. The second-order valence-corrected chi connectivity index (χ2v) is 3.80. The number of aromatic nitrogens is 2. The molecule has 1 unspecified atom stereocenters. The van der Waals surface area contributed by atoms with Gasteiger partial charge in [-0.05, 0) is 6.07 Å². The number of ether oxygens (including phenoxy) is 1. The monoisotopic (exact) mass is 243 g/mol. The summed E-state index contributed by atoms with van der Waals surface area (Å²) in [5, 5.41) is 0.0880. The predicted molar refractivity (Wildman–Crippen MR) is 52.9 cm³/mol. The lowest BCUT2D eigenvalue weighted by Gasteiger charge is -2.29. The van der Waals surface area contributed by atoms with E-state index in [9.17, 15) is 0 Å². The summed E-state index contributed by atoms with van der Waals surface area (Å²) in [6.45, 7) is 2.37. The molecule has 1 aromatic heterocycles. The Labute approximate surface area is 85.1 Å². The number of nitrogens with zero attached hydrogens (tertiary/aromatic N) is 3. The van der Waals surface area contributed by atoms with Crippen LogP contribution in [-0.4, -0.2) is 34.7 Å². The van der Waals surface area contributed by atoms with E-state index in [-0.39, 0.29) is 5.01 Å². The minimum atomic E-state index is 0.0880. The van der Waals surface area contributed by atoms with Crippen molar-refractivity contribution in [2.24, 2.45) is 0 Å². The number of halogens is 1. The summed E-state index contributed by atoms with van der Waals surface area (Å²) in [5.41, 5.74) is 0. The van der Waals surface area contributed by atoms with Gasteiger partial charge in [-0.25, -0.2) is 9.97 Å². The van der Waals surface area contributed by atoms with Crippen LogP contribution in [0, 0.1) is 0 Å². The molecule has 2 rings (SSSR count). The van der Waals surface area contributed by atoms with E-state index >= 15 is 0 Å². The van der Waals surface area contributed by atoms with Crippen molar-refractivity contribution in [3.63, 3.8) is 0 Å². The summed E-state index contributed by atoms with van der Waals surface area (Å²) < 4.78 is 5.35. The highest BCUT2D eigenvalue weighted by atomic mass is 79.9. The van der Waals surface area contributed by atoms with Gasteiger partial charge in [0, 0.05) is 18.9 Å². The van der Waals surface area contributed by atoms with Gasteiger partial charge in [-0.1, -0.05) is 15.9 Å². The first-order valence-corrected chi connectivity index (χ1v) is 5.05. The van der Waals surface area contributed by atoms with E-state index in [2.05, 4.69) is 30.8 Å². The maximum absolute atomic E-state index is 5.35. The van der Waals surface area contributed by atoms with Crippen molar-refractivity contribution in [2.75, 3.05) is 24.6 Å². The van der Waals surface area contributed by atoms with E-state index < -0.39 is 0 Å². The second-order valence-electron chi connectivity index (χ2n) is 2.78. The highest BCUT2D eigenvalue weighted by Gasteiger charge is 2.19. The molecule has 0 amide bonds. The van der Waals surface area contributed by atoms with Crippen LogP contribution in [0.1, 0.15) is 0 Å². The summed E-state index contributed by atoms with van der Waals surface area (Å²) in [6, 6.07) is 1.82. The average Bonchev–Trinajstić information content (AvgIpc) is 2.19. The van der Waals surface area contributed by atoms with Gasteiger partial charge in [0.1, 0.15) is 5.01 Å². The van der Waals surface area contributed by atoms with Gasteiger partial charge < -0.3 is 9.64 Å². The van der Waals surface area contributed by atoms with Crippen molar-refractivity contribution in [2.45, 2.75) is 5.01 Å². The van der Waals surface area contributed by atoms with Crippen molar-refractivity contribution >= 4 is 21.9 Å². The van der Waals surface area contributed by atoms with Crippen LogP contribution in [0.2, 0.25) is 0 Å². The molecule has 1 fully saturated rings. The van der Waals surface area contributed by atoms with Gasteiger partial charge >= 0.3 is 0 Å². The van der Waals surface area contributed by atoms with Crippen LogP contribution in [0.4, 0.5) is 5.95 Å². The molecule has 1 saturated heterocycles. The largest absolute Gasteiger partial charge is 0.363 e. The fraction of sp³-hybridized carbons (Fsp3) is 0.500. The lowest BCUT2D eigenvalue weighted by atomic mass is 10.4. The van der Waals surface area contributed by atoms with Crippen LogP contribution >= 0.6 is 15.9 Å². The van der Waals surface area contributed by atoms with Gasteiger partial charge in [0.15, 0.2) is 0 Å². The number of hydrogen-bond acceptors (Lipinski definition) is 4. The second kappa shape index (κ2) is 4.02. The summed E-state index contributed by atoms with van der Waals surface area (Å²) >= 11 is 3.41. The summed E-state index contributed by atoms with van der Waals surface area (Å²) in [6.07, 6.45) is 3.50. The lowest BCUT2D eigenvalue weighted by Crippen LogP contribution is -2.40. The Kier molecular flexibility index (Phi) is 2.75. The molecule has 70 valence electrons. The summed E-state index contributed by atoms with van der Waals surface area (Å²) in [7, 11) is 0. The Balaban J connectivity index is 2.08. The third kappa shape index (κ3) is 2.16. The molecule has 1 atom stereocenters. The SMILES string of the molecule is BrC1CN(c2ncccn2)CCO1. The van der Waals surface area contributed by atoms with E-state index in [1.165, 1.54) is 0 Å². The Morgan fingerprint density at radius 3 is 2.92 bits per heavy atom. The maximum atomic E-state index is 5.35. The molecular weight excluding hydrogens is 234 g/mol. The zero-order valence-corrected chi connectivity index (χ0v) is 8.64. The molecule has 0 aromatic carbocycles. The van der Waals surface area contributed by atoms with Crippen LogP contribution in [0.15, 0.2) is 18.5 Å². The van der Waals surface area contributed by atoms with Crippen molar-refractivity contribution in [3.8, 4) is 0 Å². The molecule has 0 N–H and O–H groups in total. The van der Waals surface area contributed by atoms with E-state index in [1.807, 2.05) is 6.07 Å². The lowest BCUT2D eigenvalue weighted by molar-refractivity contribution is 0.102. The quantitative estimate of drug-likeness (QED) is 0.691. The van der Waals surface area contributed by atoms with Crippen LogP contribution in [-0.2, 0) is 4.74 Å². The highest BCUT2D eigenvalue weighted by Crippen LogP contribution is 2.14. The van der Waals surface area contributed by atoms with Gasteiger partial charge in [0.2, 0.25) is 5.95 Å². The standard InChI is InChI=1S/C8H10BrN3O/c9-7-6-12(4-5-13-7)8-10-2-1-3-11-8/h1-3,7H,4-6H2. The first kappa shape index (κ1) is 8.90. The van der Waals surface area contributed by atoms with Crippen molar-refractivity contribution < 1.29 is 4.74 Å². The van der Waals surface area contributed by atoms with E-state index in [0.717, 1.165) is 19.0 Å². The highest BCUT2D eigenvalue weighted by molar-refractivity contribution is 9.09. The average molecular weight is 244 g/mol. The molecule has 0 spiro atoms. The number of anilines is 1. The Morgan fingerprint density at radius 2 is 2.23 bits per heavy atom. The zero-order valence-electron chi connectivity index (χ0n) is 7.06. The van der Waals surface area contributed by atoms with Gasteiger partial charge in [-0.15, -0.1) is 0 Å². The van der Waals surface area contributed by atoms with E-state index in [4.69, 9.17) is 4.74 Å². The Morgan fingerprint density at radius 1 is 1.46 bits per heavy atom. The number of rotatable bonds is 1. The maximum Gasteiger partial charge on any atom is 0.225 e. The molecule has 13 heavy (non-hydrogen) atoms. The van der Waals surface area contributed by atoms with Crippen LogP contribution in [0.3, 0.4) is 0 Å². The van der Waals surface area contributed by atoms with Crippen LogP contribution in [0.5, 0.6) is 0 Å². The van der Waals surface area contributed by atoms with Crippen molar-refractivity contribution in [1.82, 2.24) is 9.97 Å². The smallest absolute Gasteiger partial charge is 0.225 e. The normalized spacial score (nSPS) is 23.2. The molecule has 0 bridgehead atoms. The third-order valence-corrected chi connectivity index (χ3v) is 2.41. The molecule has 5 heteroatoms. The van der Waals surface area contributed by atoms with Crippen LogP contribution in [0.25, 0.3) is 0 Å². The van der Waals surface area contributed by atoms with Gasteiger partial charge in [-0.3, -0.25) is 0 Å². The molecule has 1 aliphatic heterocycles. The molecule has 2 heterocycles. The van der Waals surface area contributed by atoms with Gasteiger partial charge in [0.05, 0.1) is 13.2 Å². The minimum Gasteiger partial charge on any atom is -0.363 e. The molecule has 1 aromatic rings. The molecule has 4 nitrogen and oxygen atoms in total. The molecular formula is C8H10BrN3O. The van der Waals surface area contributed by atoms with E-state index in [0.29, 0.717) is 6.61 Å². The molecule has 1 aliphatic rings. The van der Waals surface area contributed by atoms with Crippen molar-refractivity contribution in [1.29, 1.82) is 0 Å². The van der Waals surface area contributed by atoms with Gasteiger partial charge in [-0.2, -0.15) is 0 Å². The van der Waals surface area contributed by atoms with E-state index in [1.54, 1.807) is 12.4 Å². The fourth-order valence-electron chi connectivity index (χ4n) is 1.24. The van der Waals surface area contributed by atoms with Crippen molar-refractivity contribution in [3.05, 3.63) is 18.5 Å². The third-order valence-electron chi connectivity index (χ3n) is 1.86. The number of alkyl halides is 1. The Bertz CT molecular complexity index is 269. The molecule has 0 aliphatic carbocycles. The molecule has 0 saturated carbocycles.